The number of hydrogen-bond acceptors (Lipinski definition) is 22. The fourth-order valence-electron chi connectivity index (χ4n) is 20.1. The highest BCUT2D eigenvalue weighted by Crippen LogP contribution is 2.48. The number of aromatic nitrogens is 12. The van der Waals surface area contributed by atoms with Crippen molar-refractivity contribution in [1.29, 1.82) is 0 Å². The molecule has 11 aromatic rings. The first kappa shape index (κ1) is 83.4. The molecular formula is C95H108N16O11. The highest BCUT2D eigenvalue weighted by Gasteiger charge is 2.54. The van der Waals surface area contributed by atoms with Crippen LogP contribution in [0.2, 0.25) is 0 Å². The maximum Gasteiger partial charge on any atom is 0.316 e. The molecule has 6 aromatic heterocycles. The van der Waals surface area contributed by atoms with Gasteiger partial charge in [-0.3, -0.25) is 19.2 Å². The van der Waals surface area contributed by atoms with Crippen molar-refractivity contribution < 1.29 is 52.1 Å². The molecule has 4 amide bonds. The third kappa shape index (κ3) is 17.9. The predicted octanol–water partition coefficient (Wildman–Crippen LogP) is 15.5. The first-order valence-corrected chi connectivity index (χ1v) is 43.1. The van der Waals surface area contributed by atoms with E-state index in [2.05, 4.69) is 69.9 Å². The summed E-state index contributed by atoms with van der Waals surface area (Å²) in [4.78, 5) is 99.3. The molecule has 8 saturated heterocycles. The topological polar surface area (TPSA) is 296 Å². The van der Waals surface area contributed by atoms with Crippen molar-refractivity contribution in [2.45, 2.75) is 208 Å². The zero-order valence-corrected chi connectivity index (χ0v) is 71.7. The van der Waals surface area contributed by atoms with Crippen LogP contribution >= 0.6 is 0 Å². The van der Waals surface area contributed by atoms with Crippen LogP contribution in [0.1, 0.15) is 189 Å². The van der Waals surface area contributed by atoms with Gasteiger partial charge in [-0.1, -0.05) is 89.6 Å². The van der Waals surface area contributed by atoms with Crippen LogP contribution < -0.4 is 28.4 Å². The van der Waals surface area contributed by atoms with Gasteiger partial charge in [-0.15, -0.1) is 0 Å². The largest absolute Gasteiger partial charge is 0.493 e. The minimum atomic E-state index is 0.00949. The molecule has 0 aliphatic carbocycles. The number of carbonyl (C=O) groups excluding carboxylic acids is 4. The van der Waals surface area contributed by atoms with Gasteiger partial charge in [0.2, 0.25) is 0 Å². The highest BCUT2D eigenvalue weighted by atomic mass is 16.5. The molecule has 8 fully saturated rings. The number of nitrogens with zero attached hydrogens (tertiary/aromatic N) is 16. The maximum absolute atomic E-state index is 13.9. The second-order valence-electron chi connectivity index (χ2n) is 33.7. The van der Waals surface area contributed by atoms with Gasteiger partial charge in [0.15, 0.2) is 5.76 Å². The number of rotatable bonds is 22. The van der Waals surface area contributed by atoms with Crippen molar-refractivity contribution in [3.63, 3.8) is 0 Å². The van der Waals surface area contributed by atoms with E-state index in [1.807, 2.05) is 221 Å². The fourth-order valence-corrected chi connectivity index (χ4v) is 20.1. The van der Waals surface area contributed by atoms with Crippen molar-refractivity contribution >= 4 is 34.4 Å². The Bertz CT molecular complexity index is 5530. The Kier molecular flexibility index (Phi) is 25.0. The van der Waals surface area contributed by atoms with E-state index < -0.39 is 0 Å². The first-order chi connectivity index (χ1) is 59.1. The Morgan fingerprint density at radius 3 is 1.20 bits per heavy atom. The molecule has 8 aliphatic heterocycles. The Balaban J connectivity index is 0.000000121. The van der Waals surface area contributed by atoms with Crippen LogP contribution in [0.25, 0.3) is 27.8 Å². The lowest BCUT2D eigenvalue weighted by molar-refractivity contribution is 0.0697. The Labute approximate surface area is 711 Å². The summed E-state index contributed by atoms with van der Waals surface area (Å²) < 4.78 is 40.9. The Hall–Kier alpha value is -12.3. The number of fused-ring (bicyclic) bond motifs is 9. The number of ether oxygens (including phenoxy) is 6. The van der Waals surface area contributed by atoms with Gasteiger partial charge in [0.1, 0.15) is 17.1 Å². The van der Waals surface area contributed by atoms with Crippen LogP contribution in [0.15, 0.2) is 150 Å². The molecule has 122 heavy (non-hydrogen) atoms. The lowest BCUT2D eigenvalue weighted by atomic mass is 9.90. The van der Waals surface area contributed by atoms with Gasteiger partial charge in [-0.25, -0.2) is 39.9 Å². The van der Waals surface area contributed by atoms with Crippen molar-refractivity contribution in [3.05, 3.63) is 225 Å². The third-order valence-electron chi connectivity index (χ3n) is 25.1. The van der Waals surface area contributed by atoms with Gasteiger partial charge in [-0.2, -0.15) is 15.0 Å². The molecule has 0 radical (unpaired) electrons. The summed E-state index contributed by atoms with van der Waals surface area (Å²) in [6.07, 6.45) is 15.2. The van der Waals surface area contributed by atoms with E-state index in [9.17, 15) is 19.2 Å². The average Bonchev–Trinajstić information content (AvgIpc) is 1.58. The SMILES string of the molecule is CCOc1ccc2ccccc2c1C(=O)N1C2CCC1C(COc1nc(C)cc(C)n1)C2.CCOc1ccccc1C(=O)N1C2CCC1C(COc1nc(C)cc(C)n1)C2.Cc1cc(C)nc(OCC2CC3CCC2N3C(=O)c2c(C)noc2-c2ccccc2)n1.Cc1ccc(-n2nccn2)c(C(=O)N2C3CCC2C(COc2nc(C)cc(C)n2)C3)c1. The van der Waals surface area contributed by atoms with Gasteiger partial charge in [-0.05, 0) is 226 Å². The average molecular weight is 1650 g/mol. The van der Waals surface area contributed by atoms with Crippen LogP contribution in [0.5, 0.6) is 35.5 Å². The third-order valence-corrected chi connectivity index (χ3v) is 25.1. The monoisotopic (exact) mass is 1650 g/mol. The molecule has 27 nitrogen and oxygen atoms in total. The van der Waals surface area contributed by atoms with Gasteiger partial charge >= 0.3 is 24.0 Å². The molecule has 14 heterocycles. The summed E-state index contributed by atoms with van der Waals surface area (Å²) >= 11 is 0. The van der Waals surface area contributed by atoms with E-state index in [0.717, 1.165) is 145 Å². The fraction of sp³-hybridized carbons (Fsp3) is 0.442. The van der Waals surface area contributed by atoms with Crippen LogP contribution in [-0.4, -0.2) is 191 Å². The molecule has 0 saturated carbocycles. The zero-order valence-electron chi connectivity index (χ0n) is 71.7. The molecule has 19 rings (SSSR count). The van der Waals surface area contributed by atoms with Crippen molar-refractivity contribution in [2.24, 2.45) is 23.7 Å². The second-order valence-corrected chi connectivity index (χ2v) is 33.7. The van der Waals surface area contributed by atoms with Crippen LogP contribution in [-0.2, 0) is 0 Å². The quantitative estimate of drug-likeness (QED) is 0.0609. The summed E-state index contributed by atoms with van der Waals surface area (Å²) in [7, 11) is 0. The van der Waals surface area contributed by atoms with Crippen molar-refractivity contribution in [1.82, 2.24) is 79.6 Å². The van der Waals surface area contributed by atoms with Crippen molar-refractivity contribution in [3.8, 4) is 52.6 Å². The molecule has 12 atom stereocenters. The summed E-state index contributed by atoms with van der Waals surface area (Å²) in [5.41, 5.74) is 13.0. The summed E-state index contributed by atoms with van der Waals surface area (Å²) in [6, 6.07) is 46.1. The molecule has 0 N–H and O–H groups in total. The molecule has 634 valence electrons. The number of para-hydroxylation sites is 1. The molecular weight excluding hydrogens is 1540 g/mol. The van der Waals surface area contributed by atoms with Crippen molar-refractivity contribution in [2.75, 3.05) is 39.6 Å². The standard InChI is InChI=1S/C26H29N3O3.C24H26N4O3.C23H26N6O2.C22H27N3O3/c1-4-31-23-12-9-18-7-5-6-8-21(18)24(23)25(30)29-20-10-11-22(29)19(14-20)15-32-26-27-16(2)13-17(3)28-26;1-14-11-15(2)26-24(25-14)30-13-18-12-19-9-10-20(18)28(19)23(29)21-16(3)27-31-22(21)17-7-5-4-6-8-17;1-14-4-6-21(29-24-8-9-25-29)19(10-14)22(30)28-18-5-7-20(28)17(12-18)13-31-23-26-15(2)11-16(3)27-23;1-4-27-20-8-6-5-7-18(20)21(26)25-17-9-10-19(25)16(12-17)13-28-22-23-14(2)11-15(3)24-22/h5-9,12-13,19-20,22H,4,10-11,14-15H2,1-3H3;4-8,11,18-20H,9-10,12-13H2,1-3H3;4,6,8-11,17-18,20H,5,7,12-13H2,1-3H3;5-8,11,16-17,19H,4,9-10,12-13H2,1-3H3. The highest BCUT2D eigenvalue weighted by molar-refractivity contribution is 6.10. The van der Waals surface area contributed by atoms with Crippen LogP contribution in [0, 0.1) is 92.9 Å². The molecule has 12 unspecified atom stereocenters. The number of aryl methyl sites for hydroxylation is 10. The lowest BCUT2D eigenvalue weighted by Gasteiger charge is -2.26. The van der Waals surface area contributed by atoms with E-state index in [1.165, 1.54) is 4.80 Å². The van der Waals surface area contributed by atoms with E-state index in [1.54, 1.807) is 12.4 Å². The number of carbonyl (C=O) groups is 4. The molecule has 27 heteroatoms. The smallest absolute Gasteiger partial charge is 0.316 e. The van der Waals surface area contributed by atoms with E-state index in [4.69, 9.17) is 32.9 Å². The molecule has 5 aromatic carbocycles. The summed E-state index contributed by atoms with van der Waals surface area (Å²) in [6.45, 7) is 26.4. The summed E-state index contributed by atoms with van der Waals surface area (Å²) in [5, 5.41) is 14.6. The van der Waals surface area contributed by atoms with E-state index in [0.29, 0.717) is 120 Å². The lowest BCUT2D eigenvalue weighted by Crippen LogP contribution is -2.38. The molecule has 8 bridgehead atoms. The zero-order chi connectivity index (χ0) is 85.0. The second kappa shape index (κ2) is 36.6. The first-order valence-electron chi connectivity index (χ1n) is 43.1. The maximum atomic E-state index is 13.9. The minimum Gasteiger partial charge on any atom is -0.493 e. The van der Waals surface area contributed by atoms with Gasteiger partial charge < -0.3 is 52.5 Å². The van der Waals surface area contributed by atoms with Gasteiger partial charge in [0.05, 0.1) is 80.1 Å². The van der Waals surface area contributed by atoms with Gasteiger partial charge in [0.25, 0.3) is 23.6 Å². The Morgan fingerprint density at radius 1 is 0.377 bits per heavy atom. The van der Waals surface area contributed by atoms with Gasteiger partial charge in [0, 0.05) is 123 Å². The molecule has 0 spiro atoms. The van der Waals surface area contributed by atoms with E-state index in [-0.39, 0.29) is 89.7 Å². The molecule has 8 aliphatic rings. The minimum absolute atomic E-state index is 0.00949. The number of benzene rings is 5. The van der Waals surface area contributed by atoms with Crippen LogP contribution in [0.3, 0.4) is 0 Å². The van der Waals surface area contributed by atoms with Crippen LogP contribution in [0.4, 0.5) is 0 Å². The normalized spacial score (nSPS) is 22.3. The summed E-state index contributed by atoms with van der Waals surface area (Å²) in [5.74, 6) is 3.23. The Morgan fingerprint density at radius 2 is 0.762 bits per heavy atom. The number of amides is 4. The predicted molar refractivity (Wildman–Crippen MR) is 458 cm³/mol. The number of hydrogen-bond donors (Lipinski definition) is 0. The van der Waals surface area contributed by atoms with E-state index >= 15 is 0 Å².